The maximum atomic E-state index is 5.41. The lowest BCUT2D eigenvalue weighted by atomic mass is 10.3. The minimum Gasteiger partial charge on any atom is -0.475 e. The summed E-state index contributed by atoms with van der Waals surface area (Å²) in [6.45, 7) is 1.65. The third-order valence-electron chi connectivity index (χ3n) is 2.62. The van der Waals surface area contributed by atoms with Gasteiger partial charge in [-0.25, -0.2) is 4.98 Å². The molecular weight excluding hydrogens is 402 g/mol. The van der Waals surface area contributed by atoms with Gasteiger partial charge in [0.1, 0.15) is 6.61 Å². The van der Waals surface area contributed by atoms with Gasteiger partial charge in [-0.3, -0.25) is 4.98 Å². The van der Waals surface area contributed by atoms with Crippen LogP contribution in [0.2, 0.25) is 0 Å². The molecule has 2 aromatic heterocycles. The summed E-state index contributed by atoms with van der Waals surface area (Å²) < 4.78 is 12.2. The van der Waals surface area contributed by atoms with E-state index in [2.05, 4.69) is 47.1 Å². The monoisotopic (exact) mass is 415 g/mol. The highest BCUT2D eigenvalue weighted by molar-refractivity contribution is 9.11. The molecular formula is C14H15Br2N3O2. The van der Waals surface area contributed by atoms with Crippen LogP contribution in [-0.2, 0) is 11.3 Å². The van der Waals surface area contributed by atoms with Crippen LogP contribution < -0.4 is 10.1 Å². The van der Waals surface area contributed by atoms with Crippen molar-refractivity contribution in [3.05, 3.63) is 45.2 Å². The number of nitrogens with one attached hydrogen (secondary N) is 1. The molecule has 0 saturated carbocycles. The van der Waals surface area contributed by atoms with E-state index in [0.29, 0.717) is 25.6 Å². The van der Waals surface area contributed by atoms with Gasteiger partial charge in [0.2, 0.25) is 5.88 Å². The number of nitrogens with zero attached hydrogens (tertiary/aromatic N) is 2. The summed E-state index contributed by atoms with van der Waals surface area (Å²) in [4.78, 5) is 8.56. The lowest BCUT2D eigenvalue weighted by Crippen LogP contribution is -2.06. The maximum absolute atomic E-state index is 5.41. The Hall–Kier alpha value is -1.18. The molecule has 112 valence electrons. The summed E-state index contributed by atoms with van der Waals surface area (Å²) in [5.74, 6) is 0.584. The summed E-state index contributed by atoms with van der Waals surface area (Å²) in [6.07, 6.45) is 3.50. The molecule has 0 aliphatic carbocycles. The highest BCUT2D eigenvalue weighted by Crippen LogP contribution is 2.20. The average molecular weight is 417 g/mol. The smallest absolute Gasteiger partial charge is 0.213 e. The number of rotatable bonds is 7. The first-order chi connectivity index (χ1) is 10.2. The van der Waals surface area contributed by atoms with Gasteiger partial charge in [-0.15, -0.1) is 0 Å². The third-order valence-corrected chi connectivity index (χ3v) is 3.74. The van der Waals surface area contributed by atoms with E-state index in [4.69, 9.17) is 9.47 Å². The van der Waals surface area contributed by atoms with Gasteiger partial charge in [0.25, 0.3) is 0 Å². The van der Waals surface area contributed by atoms with Crippen molar-refractivity contribution in [2.45, 2.75) is 6.54 Å². The fourth-order valence-corrected chi connectivity index (χ4v) is 2.69. The maximum Gasteiger partial charge on any atom is 0.213 e. The number of pyridine rings is 2. The Morgan fingerprint density at radius 3 is 2.67 bits per heavy atom. The van der Waals surface area contributed by atoms with Gasteiger partial charge >= 0.3 is 0 Å². The molecule has 2 rings (SSSR count). The number of anilines is 1. The molecule has 0 amide bonds. The normalized spacial score (nSPS) is 10.4. The Labute approximate surface area is 140 Å². The number of ether oxygens (including phenoxy) is 2. The minimum atomic E-state index is 0.492. The Bertz CT molecular complexity index is 579. The van der Waals surface area contributed by atoms with Gasteiger partial charge in [-0.2, -0.15) is 0 Å². The molecule has 2 aromatic rings. The molecule has 0 aliphatic rings. The summed E-state index contributed by atoms with van der Waals surface area (Å²) in [5, 5.41) is 3.27. The van der Waals surface area contributed by atoms with Crippen molar-refractivity contribution in [1.29, 1.82) is 0 Å². The summed E-state index contributed by atoms with van der Waals surface area (Å²) in [7, 11) is 1.64. The second-order valence-electron chi connectivity index (χ2n) is 4.16. The largest absolute Gasteiger partial charge is 0.475 e. The molecule has 2 heterocycles. The van der Waals surface area contributed by atoms with Crippen LogP contribution in [0.15, 0.2) is 39.5 Å². The molecule has 0 unspecified atom stereocenters. The second kappa shape index (κ2) is 8.31. The first kappa shape index (κ1) is 16.2. The number of hydrogen-bond acceptors (Lipinski definition) is 5. The summed E-state index contributed by atoms with van der Waals surface area (Å²) in [6, 6.07) is 5.71. The van der Waals surface area contributed by atoms with E-state index in [1.807, 2.05) is 18.2 Å². The molecule has 0 radical (unpaired) electrons. The average Bonchev–Trinajstić information content (AvgIpc) is 2.48. The highest BCUT2D eigenvalue weighted by Gasteiger charge is 2.03. The van der Waals surface area contributed by atoms with Crippen molar-refractivity contribution in [3.8, 4) is 5.88 Å². The van der Waals surface area contributed by atoms with Gasteiger partial charge in [0, 0.05) is 28.3 Å². The van der Waals surface area contributed by atoms with Crippen LogP contribution in [0.3, 0.4) is 0 Å². The van der Waals surface area contributed by atoms with Crippen LogP contribution in [0, 0.1) is 0 Å². The Morgan fingerprint density at radius 2 is 2.00 bits per heavy atom. The Balaban J connectivity index is 1.88. The van der Waals surface area contributed by atoms with Gasteiger partial charge in [0.15, 0.2) is 0 Å². The standard InChI is InChI=1S/C14H15Br2N3O2/c1-20-4-5-21-14-3-2-11(8-19-14)17-9-13-12(16)6-10(15)7-18-13/h2-3,6-8,17H,4-5,9H2,1H3. The quantitative estimate of drug-likeness (QED) is 0.698. The van der Waals surface area contributed by atoms with Crippen molar-refractivity contribution in [2.75, 3.05) is 25.6 Å². The van der Waals surface area contributed by atoms with Gasteiger partial charge < -0.3 is 14.8 Å². The first-order valence-corrected chi connectivity index (χ1v) is 7.89. The second-order valence-corrected chi connectivity index (χ2v) is 5.93. The number of halogens is 2. The van der Waals surface area contributed by atoms with E-state index in [-0.39, 0.29) is 0 Å². The predicted molar refractivity (Wildman–Crippen MR) is 88.6 cm³/mol. The predicted octanol–water partition coefficient (Wildman–Crippen LogP) is 3.64. The molecule has 5 nitrogen and oxygen atoms in total. The van der Waals surface area contributed by atoms with E-state index in [1.165, 1.54) is 0 Å². The van der Waals surface area contributed by atoms with E-state index in [0.717, 1.165) is 20.3 Å². The molecule has 0 atom stereocenters. The zero-order valence-electron chi connectivity index (χ0n) is 11.5. The molecule has 0 saturated heterocycles. The van der Waals surface area contributed by atoms with Crippen molar-refractivity contribution >= 4 is 37.5 Å². The fraction of sp³-hybridized carbons (Fsp3) is 0.286. The lowest BCUT2D eigenvalue weighted by Gasteiger charge is -2.09. The Morgan fingerprint density at radius 1 is 1.14 bits per heavy atom. The number of aromatic nitrogens is 2. The van der Waals surface area contributed by atoms with Crippen LogP contribution in [0.1, 0.15) is 5.69 Å². The van der Waals surface area contributed by atoms with Crippen LogP contribution >= 0.6 is 31.9 Å². The Kier molecular flexibility index (Phi) is 6.41. The SMILES string of the molecule is COCCOc1ccc(NCc2ncc(Br)cc2Br)cn1. The molecule has 0 aliphatic heterocycles. The number of methoxy groups -OCH3 is 1. The van der Waals surface area contributed by atoms with Gasteiger partial charge in [0.05, 0.1) is 30.7 Å². The molecule has 0 fully saturated rings. The molecule has 0 bridgehead atoms. The first-order valence-electron chi connectivity index (χ1n) is 6.30. The van der Waals surface area contributed by atoms with Crippen molar-refractivity contribution in [1.82, 2.24) is 9.97 Å². The van der Waals surface area contributed by atoms with Crippen LogP contribution in [0.5, 0.6) is 5.88 Å². The fourth-order valence-electron chi connectivity index (χ4n) is 1.56. The molecule has 7 heteroatoms. The highest BCUT2D eigenvalue weighted by atomic mass is 79.9. The van der Waals surface area contributed by atoms with E-state index in [9.17, 15) is 0 Å². The van der Waals surface area contributed by atoms with E-state index >= 15 is 0 Å². The van der Waals surface area contributed by atoms with Gasteiger partial charge in [-0.1, -0.05) is 0 Å². The third kappa shape index (κ3) is 5.26. The molecule has 21 heavy (non-hydrogen) atoms. The van der Waals surface area contributed by atoms with E-state index < -0.39 is 0 Å². The lowest BCUT2D eigenvalue weighted by molar-refractivity contribution is 0.144. The molecule has 1 N–H and O–H groups in total. The van der Waals surface area contributed by atoms with Crippen molar-refractivity contribution < 1.29 is 9.47 Å². The van der Waals surface area contributed by atoms with Crippen molar-refractivity contribution in [2.24, 2.45) is 0 Å². The number of hydrogen-bond donors (Lipinski definition) is 1. The van der Waals surface area contributed by atoms with Crippen molar-refractivity contribution in [3.63, 3.8) is 0 Å². The van der Waals surface area contributed by atoms with Crippen LogP contribution in [0.4, 0.5) is 5.69 Å². The summed E-state index contributed by atoms with van der Waals surface area (Å²) in [5.41, 5.74) is 1.84. The topological polar surface area (TPSA) is 56.3 Å². The van der Waals surface area contributed by atoms with E-state index in [1.54, 1.807) is 19.5 Å². The molecule has 0 spiro atoms. The van der Waals surface area contributed by atoms with Gasteiger partial charge in [-0.05, 0) is 44.0 Å². The van der Waals surface area contributed by atoms with Crippen LogP contribution in [-0.4, -0.2) is 30.3 Å². The summed E-state index contributed by atoms with van der Waals surface area (Å²) >= 11 is 6.87. The zero-order chi connectivity index (χ0) is 15.1. The van der Waals surface area contributed by atoms with Crippen LogP contribution in [0.25, 0.3) is 0 Å². The zero-order valence-corrected chi connectivity index (χ0v) is 14.6. The minimum absolute atomic E-state index is 0.492. The molecule has 0 aromatic carbocycles.